The van der Waals surface area contributed by atoms with Crippen molar-refractivity contribution in [3.05, 3.63) is 29.3 Å². The summed E-state index contributed by atoms with van der Waals surface area (Å²) in [5, 5.41) is 12.9. The largest absolute Gasteiger partial charge is 0.380 e. The summed E-state index contributed by atoms with van der Waals surface area (Å²) in [6.45, 7) is 1.82. The highest BCUT2D eigenvalue weighted by Gasteiger charge is 2.38. The second-order valence-corrected chi connectivity index (χ2v) is 5.09. The Hall–Kier alpha value is -1.88. The van der Waals surface area contributed by atoms with E-state index in [4.69, 9.17) is 5.73 Å². The van der Waals surface area contributed by atoms with Gasteiger partial charge in [0.15, 0.2) is 0 Å². The third kappa shape index (κ3) is 2.76. The lowest BCUT2D eigenvalue weighted by atomic mass is 10.0. The van der Waals surface area contributed by atoms with Crippen LogP contribution in [0.2, 0.25) is 0 Å². The number of carbonyl (C=O) groups excluding carboxylic acids is 2. The molecule has 1 aliphatic rings. The maximum absolute atomic E-state index is 12.1. The molecule has 2 rings (SSSR count). The zero-order chi connectivity index (χ0) is 14.0. The molecule has 4 N–H and O–H groups in total. The molecule has 0 aromatic heterocycles. The van der Waals surface area contributed by atoms with Gasteiger partial charge in [-0.25, -0.2) is 0 Å². The summed E-state index contributed by atoms with van der Waals surface area (Å²) in [5.74, 6) is -0.954. The van der Waals surface area contributed by atoms with Gasteiger partial charge >= 0.3 is 0 Å². The van der Waals surface area contributed by atoms with E-state index in [1.807, 2.05) is 6.92 Å². The summed E-state index contributed by atoms with van der Waals surface area (Å²) in [6, 6.07) is 4.86. The Morgan fingerprint density at radius 2 is 1.95 bits per heavy atom. The Morgan fingerprint density at radius 3 is 2.53 bits per heavy atom. The first-order valence-corrected chi connectivity index (χ1v) is 6.37. The molecule has 0 aliphatic heterocycles. The third-order valence-electron chi connectivity index (χ3n) is 3.62. The Labute approximate surface area is 111 Å². The number of aliphatic hydroxyl groups is 1. The van der Waals surface area contributed by atoms with Gasteiger partial charge in [0.05, 0.1) is 0 Å². The predicted molar refractivity (Wildman–Crippen MR) is 71.7 cm³/mol. The first-order valence-electron chi connectivity index (χ1n) is 6.37. The number of nitrogens with two attached hydrogens (primary N) is 1. The third-order valence-corrected chi connectivity index (χ3v) is 3.62. The molecule has 102 valence electrons. The van der Waals surface area contributed by atoms with Crippen LogP contribution < -0.4 is 11.1 Å². The number of hydrogen-bond donors (Lipinski definition) is 3. The normalized spacial score (nSPS) is 17.2. The molecule has 2 amide bonds. The number of rotatable bonds is 3. The Balaban J connectivity index is 2.20. The van der Waals surface area contributed by atoms with E-state index in [-0.39, 0.29) is 0 Å². The summed E-state index contributed by atoms with van der Waals surface area (Å²) in [4.78, 5) is 23.2. The van der Waals surface area contributed by atoms with Gasteiger partial charge in [-0.2, -0.15) is 0 Å². The molecule has 1 fully saturated rings. The number of nitrogens with one attached hydrogen (secondary N) is 1. The lowest BCUT2D eigenvalue weighted by molar-refractivity contribution is -0.133. The number of primary amides is 1. The number of benzene rings is 1. The van der Waals surface area contributed by atoms with Gasteiger partial charge < -0.3 is 16.2 Å². The van der Waals surface area contributed by atoms with Crippen LogP contribution in [0, 0.1) is 6.92 Å². The second-order valence-electron chi connectivity index (χ2n) is 5.09. The molecule has 0 spiro atoms. The summed E-state index contributed by atoms with van der Waals surface area (Å²) >= 11 is 0. The van der Waals surface area contributed by atoms with Crippen molar-refractivity contribution in [2.24, 2.45) is 5.73 Å². The van der Waals surface area contributed by atoms with Gasteiger partial charge in [0.25, 0.3) is 5.91 Å². The van der Waals surface area contributed by atoms with Crippen molar-refractivity contribution in [3.63, 3.8) is 0 Å². The molecule has 5 heteroatoms. The van der Waals surface area contributed by atoms with Crippen LogP contribution in [0.1, 0.15) is 41.6 Å². The van der Waals surface area contributed by atoms with Gasteiger partial charge in [-0.15, -0.1) is 0 Å². The molecule has 0 unspecified atom stereocenters. The second kappa shape index (κ2) is 5.01. The molecule has 5 nitrogen and oxygen atoms in total. The number of hydrogen-bond acceptors (Lipinski definition) is 3. The van der Waals surface area contributed by atoms with Crippen LogP contribution in [0.3, 0.4) is 0 Å². The molecule has 0 atom stereocenters. The zero-order valence-electron chi connectivity index (χ0n) is 10.9. The van der Waals surface area contributed by atoms with Crippen LogP contribution in [-0.2, 0) is 4.79 Å². The van der Waals surface area contributed by atoms with E-state index in [2.05, 4.69) is 5.32 Å². The monoisotopic (exact) mass is 262 g/mol. The minimum atomic E-state index is -1.28. The number of aryl methyl sites for hydroxylation is 1. The average Bonchev–Trinajstić information content (AvgIpc) is 2.80. The van der Waals surface area contributed by atoms with Crippen molar-refractivity contribution in [2.75, 3.05) is 5.32 Å². The summed E-state index contributed by atoms with van der Waals surface area (Å²) in [7, 11) is 0. The molecule has 0 saturated heterocycles. The molecule has 1 aromatic carbocycles. The first-order chi connectivity index (χ1) is 8.92. The quantitative estimate of drug-likeness (QED) is 0.767. The van der Waals surface area contributed by atoms with Gasteiger partial charge in [0.1, 0.15) is 5.60 Å². The molecule has 1 saturated carbocycles. The molecule has 0 heterocycles. The predicted octanol–water partition coefficient (Wildman–Crippen LogP) is 1.34. The zero-order valence-corrected chi connectivity index (χ0v) is 10.9. The van der Waals surface area contributed by atoms with Crippen molar-refractivity contribution in [3.8, 4) is 0 Å². The van der Waals surface area contributed by atoms with Crippen molar-refractivity contribution < 1.29 is 14.7 Å². The molecular formula is C14H18N2O3. The molecule has 19 heavy (non-hydrogen) atoms. The van der Waals surface area contributed by atoms with E-state index in [9.17, 15) is 14.7 Å². The average molecular weight is 262 g/mol. The van der Waals surface area contributed by atoms with E-state index in [0.29, 0.717) is 24.1 Å². The SMILES string of the molecule is Cc1ccc(C(N)=O)cc1NC(=O)C1(O)CCCC1. The topological polar surface area (TPSA) is 92.4 Å². The smallest absolute Gasteiger partial charge is 0.256 e. The molecule has 1 aromatic rings. The van der Waals surface area contributed by atoms with E-state index in [0.717, 1.165) is 18.4 Å². The minimum Gasteiger partial charge on any atom is -0.380 e. The van der Waals surface area contributed by atoms with Crippen molar-refractivity contribution >= 4 is 17.5 Å². The van der Waals surface area contributed by atoms with Gasteiger partial charge in [-0.1, -0.05) is 6.07 Å². The van der Waals surface area contributed by atoms with Gasteiger partial charge in [0.2, 0.25) is 5.91 Å². The van der Waals surface area contributed by atoms with Crippen LogP contribution in [0.15, 0.2) is 18.2 Å². The lowest BCUT2D eigenvalue weighted by Gasteiger charge is -2.21. The number of amides is 2. The number of anilines is 1. The summed E-state index contributed by atoms with van der Waals surface area (Å²) < 4.78 is 0. The van der Waals surface area contributed by atoms with Crippen LogP contribution in [-0.4, -0.2) is 22.5 Å². The Morgan fingerprint density at radius 1 is 1.32 bits per heavy atom. The molecular weight excluding hydrogens is 244 g/mol. The van der Waals surface area contributed by atoms with E-state index < -0.39 is 17.4 Å². The van der Waals surface area contributed by atoms with E-state index >= 15 is 0 Å². The summed E-state index contributed by atoms with van der Waals surface area (Å²) in [6.07, 6.45) is 2.66. The van der Waals surface area contributed by atoms with Crippen LogP contribution in [0.4, 0.5) is 5.69 Å². The highest BCUT2D eigenvalue weighted by atomic mass is 16.3. The van der Waals surface area contributed by atoms with Crippen LogP contribution >= 0.6 is 0 Å². The fraction of sp³-hybridized carbons (Fsp3) is 0.429. The maximum Gasteiger partial charge on any atom is 0.256 e. The lowest BCUT2D eigenvalue weighted by Crippen LogP contribution is -2.40. The van der Waals surface area contributed by atoms with Gasteiger partial charge in [-0.3, -0.25) is 9.59 Å². The highest BCUT2D eigenvalue weighted by molar-refractivity contribution is 6.00. The molecule has 0 radical (unpaired) electrons. The van der Waals surface area contributed by atoms with Gasteiger partial charge in [-0.05, 0) is 50.3 Å². The molecule has 1 aliphatic carbocycles. The van der Waals surface area contributed by atoms with E-state index in [1.54, 1.807) is 12.1 Å². The van der Waals surface area contributed by atoms with Crippen LogP contribution in [0.5, 0.6) is 0 Å². The van der Waals surface area contributed by atoms with E-state index in [1.165, 1.54) is 6.07 Å². The fourth-order valence-electron chi connectivity index (χ4n) is 2.34. The molecule has 0 bridgehead atoms. The Bertz CT molecular complexity index is 519. The minimum absolute atomic E-state index is 0.333. The van der Waals surface area contributed by atoms with Crippen molar-refractivity contribution in [2.45, 2.75) is 38.2 Å². The maximum atomic E-state index is 12.1. The fourth-order valence-corrected chi connectivity index (χ4v) is 2.34. The highest BCUT2D eigenvalue weighted by Crippen LogP contribution is 2.31. The first kappa shape index (κ1) is 13.5. The van der Waals surface area contributed by atoms with Crippen molar-refractivity contribution in [1.29, 1.82) is 0 Å². The standard InChI is InChI=1S/C14H18N2O3/c1-9-4-5-10(12(15)17)8-11(9)16-13(18)14(19)6-2-3-7-14/h4-5,8,19H,2-3,6-7H2,1H3,(H2,15,17)(H,16,18). The van der Waals surface area contributed by atoms with Crippen molar-refractivity contribution in [1.82, 2.24) is 0 Å². The van der Waals surface area contributed by atoms with Gasteiger partial charge in [0, 0.05) is 11.3 Å². The number of carbonyl (C=O) groups is 2. The summed E-state index contributed by atoms with van der Waals surface area (Å²) in [5.41, 5.74) is 5.60. The van der Waals surface area contributed by atoms with Crippen LogP contribution in [0.25, 0.3) is 0 Å². The Kier molecular flexibility index (Phi) is 3.57.